The van der Waals surface area contributed by atoms with Crippen LogP contribution in [0.1, 0.15) is 21.5 Å². The number of carboxylic acid groups (broad SMARTS) is 1. The number of imidazole rings is 1. The summed E-state index contributed by atoms with van der Waals surface area (Å²) in [5.41, 5.74) is 3.50. The number of aromatic carboxylic acids is 1. The summed E-state index contributed by atoms with van der Waals surface area (Å²) in [6.07, 6.45) is 1.84. The third-order valence-electron chi connectivity index (χ3n) is 4.99. The Balaban J connectivity index is 1.39. The fourth-order valence-corrected chi connectivity index (χ4v) is 4.89. The highest BCUT2D eigenvalue weighted by molar-refractivity contribution is 9.10. The zero-order chi connectivity index (χ0) is 22.2. The Hall–Kier alpha value is -3.49. The largest absolute Gasteiger partial charge is 0.488 e. The number of carboxylic acids is 1. The van der Waals surface area contributed by atoms with Crippen molar-refractivity contribution in [2.45, 2.75) is 6.61 Å². The molecule has 8 heteroatoms. The molecule has 32 heavy (non-hydrogen) atoms. The van der Waals surface area contributed by atoms with Gasteiger partial charge in [0.25, 0.3) is 5.56 Å². The summed E-state index contributed by atoms with van der Waals surface area (Å²) in [6, 6.07) is 19.8. The molecule has 3 aromatic carbocycles. The average molecular weight is 507 g/mol. The zero-order valence-electron chi connectivity index (χ0n) is 16.5. The van der Waals surface area contributed by atoms with E-state index in [1.807, 2.05) is 48.5 Å². The van der Waals surface area contributed by atoms with Crippen LogP contribution in [0, 0.1) is 0 Å². The number of carbonyl (C=O) groups is 1. The van der Waals surface area contributed by atoms with Crippen LogP contribution >= 0.6 is 27.3 Å². The van der Waals surface area contributed by atoms with Crippen molar-refractivity contribution in [2.24, 2.45) is 0 Å². The third-order valence-corrected chi connectivity index (χ3v) is 6.58. The van der Waals surface area contributed by atoms with Crippen LogP contribution in [-0.2, 0) is 6.61 Å². The Labute approximate surface area is 194 Å². The predicted molar refractivity (Wildman–Crippen MR) is 128 cm³/mol. The van der Waals surface area contributed by atoms with Crippen molar-refractivity contribution in [1.29, 1.82) is 0 Å². The number of hydrogen-bond acceptors (Lipinski definition) is 5. The lowest BCUT2D eigenvalue weighted by Gasteiger charge is -2.09. The molecule has 0 unspecified atom stereocenters. The minimum Gasteiger partial charge on any atom is -0.488 e. The molecule has 0 saturated carbocycles. The van der Waals surface area contributed by atoms with E-state index in [0.717, 1.165) is 26.6 Å². The van der Waals surface area contributed by atoms with Gasteiger partial charge >= 0.3 is 5.97 Å². The Morgan fingerprint density at radius 1 is 1.12 bits per heavy atom. The fourth-order valence-electron chi connectivity index (χ4n) is 3.39. The summed E-state index contributed by atoms with van der Waals surface area (Å²) in [5, 5.41) is 8.98. The Morgan fingerprint density at radius 3 is 2.66 bits per heavy atom. The summed E-state index contributed by atoms with van der Waals surface area (Å²) in [4.78, 5) is 29.1. The monoisotopic (exact) mass is 506 g/mol. The molecule has 5 aromatic rings. The maximum atomic E-state index is 12.9. The maximum absolute atomic E-state index is 12.9. The number of benzene rings is 3. The van der Waals surface area contributed by atoms with Crippen LogP contribution in [0.5, 0.6) is 5.75 Å². The number of fused-ring (bicyclic) bond motifs is 3. The van der Waals surface area contributed by atoms with Gasteiger partial charge in [0.15, 0.2) is 4.96 Å². The molecule has 0 aliphatic carbocycles. The number of hydrogen-bond donors (Lipinski definition) is 1. The molecule has 5 rings (SSSR count). The molecule has 0 aliphatic heterocycles. The highest BCUT2D eigenvalue weighted by atomic mass is 79.9. The molecule has 0 aliphatic rings. The molecule has 0 saturated heterocycles. The van der Waals surface area contributed by atoms with E-state index < -0.39 is 5.97 Å². The lowest BCUT2D eigenvalue weighted by molar-refractivity contribution is 0.0697. The first-order chi connectivity index (χ1) is 15.5. The van der Waals surface area contributed by atoms with Crippen molar-refractivity contribution in [3.05, 3.63) is 103 Å². The number of aromatic nitrogens is 2. The van der Waals surface area contributed by atoms with Crippen LogP contribution in [0.15, 0.2) is 76.0 Å². The summed E-state index contributed by atoms with van der Waals surface area (Å²) in [5.74, 6) is -0.306. The van der Waals surface area contributed by atoms with Crippen LogP contribution in [-0.4, -0.2) is 20.5 Å². The Morgan fingerprint density at radius 2 is 1.91 bits per heavy atom. The summed E-state index contributed by atoms with van der Waals surface area (Å²) < 4.78 is 8.87. The third kappa shape index (κ3) is 3.79. The molecular formula is C24H15BrN2O4S. The van der Waals surface area contributed by atoms with Gasteiger partial charge in [0.05, 0.1) is 25.6 Å². The van der Waals surface area contributed by atoms with E-state index >= 15 is 0 Å². The SMILES string of the molecule is O=C(O)c1ccc(COc2ccc(C=c3sc4nc5ccccc5n4c3=O)cc2Br)cc1. The Kier molecular flexibility index (Phi) is 5.24. The first-order valence-electron chi connectivity index (χ1n) is 9.66. The number of para-hydroxylation sites is 2. The van der Waals surface area contributed by atoms with Crippen LogP contribution in [0.3, 0.4) is 0 Å². The van der Waals surface area contributed by atoms with E-state index in [1.54, 1.807) is 28.7 Å². The van der Waals surface area contributed by atoms with Gasteiger partial charge in [-0.15, -0.1) is 0 Å². The minimum absolute atomic E-state index is 0.0834. The van der Waals surface area contributed by atoms with Gasteiger partial charge in [0.2, 0.25) is 0 Å². The van der Waals surface area contributed by atoms with Gasteiger partial charge in [-0.1, -0.05) is 41.7 Å². The van der Waals surface area contributed by atoms with E-state index in [1.165, 1.54) is 11.3 Å². The van der Waals surface area contributed by atoms with Crippen LogP contribution in [0.25, 0.3) is 22.1 Å². The first-order valence-corrected chi connectivity index (χ1v) is 11.3. The van der Waals surface area contributed by atoms with Gasteiger partial charge in [0, 0.05) is 0 Å². The molecule has 0 spiro atoms. The number of rotatable bonds is 5. The lowest BCUT2D eigenvalue weighted by Crippen LogP contribution is -2.22. The smallest absolute Gasteiger partial charge is 0.335 e. The molecule has 0 bridgehead atoms. The molecule has 2 heterocycles. The van der Waals surface area contributed by atoms with E-state index in [2.05, 4.69) is 20.9 Å². The molecule has 0 atom stereocenters. The fraction of sp³-hybridized carbons (Fsp3) is 0.0417. The van der Waals surface area contributed by atoms with Crippen molar-refractivity contribution in [1.82, 2.24) is 9.38 Å². The van der Waals surface area contributed by atoms with E-state index in [0.29, 0.717) is 21.8 Å². The molecule has 0 amide bonds. The number of thiazole rings is 1. The molecule has 6 nitrogen and oxygen atoms in total. The van der Waals surface area contributed by atoms with Crippen LogP contribution < -0.4 is 14.8 Å². The maximum Gasteiger partial charge on any atom is 0.335 e. The first kappa shape index (κ1) is 20.4. The number of halogens is 1. The van der Waals surface area contributed by atoms with Crippen molar-refractivity contribution >= 4 is 55.3 Å². The van der Waals surface area contributed by atoms with Crippen LogP contribution in [0.4, 0.5) is 0 Å². The van der Waals surface area contributed by atoms with E-state index in [9.17, 15) is 9.59 Å². The quantitative estimate of drug-likeness (QED) is 0.379. The average Bonchev–Trinajstić information content (AvgIpc) is 3.29. The second-order valence-electron chi connectivity index (χ2n) is 7.11. The molecular weight excluding hydrogens is 492 g/mol. The molecule has 0 radical (unpaired) electrons. The molecule has 1 N–H and O–H groups in total. The number of nitrogens with zero attached hydrogens (tertiary/aromatic N) is 2. The molecule has 158 valence electrons. The Bertz CT molecular complexity index is 1590. The van der Waals surface area contributed by atoms with Gasteiger partial charge in [-0.25, -0.2) is 14.2 Å². The summed E-state index contributed by atoms with van der Waals surface area (Å²) >= 11 is 4.89. The van der Waals surface area contributed by atoms with Gasteiger partial charge in [-0.3, -0.25) is 4.79 Å². The molecule has 2 aromatic heterocycles. The normalized spacial score (nSPS) is 12.0. The van der Waals surface area contributed by atoms with Gasteiger partial charge in [-0.2, -0.15) is 0 Å². The van der Waals surface area contributed by atoms with Crippen molar-refractivity contribution in [3.63, 3.8) is 0 Å². The predicted octanol–water partition coefficient (Wildman–Crippen LogP) is 4.50. The number of ether oxygens (including phenoxy) is 1. The highest BCUT2D eigenvalue weighted by Crippen LogP contribution is 2.27. The lowest BCUT2D eigenvalue weighted by atomic mass is 10.1. The second-order valence-corrected chi connectivity index (χ2v) is 8.98. The minimum atomic E-state index is -0.958. The van der Waals surface area contributed by atoms with Gasteiger partial charge in [0.1, 0.15) is 12.4 Å². The van der Waals surface area contributed by atoms with Crippen molar-refractivity contribution in [2.75, 3.05) is 0 Å². The van der Waals surface area contributed by atoms with E-state index in [4.69, 9.17) is 9.84 Å². The standard InChI is InChI=1S/C24H15BrN2O4S/c25-17-11-15(7-10-20(17)31-13-14-5-8-16(9-6-14)23(29)30)12-21-22(28)27-19-4-2-1-3-18(19)26-24(27)32-21/h1-12H,13H2,(H,29,30). The summed E-state index contributed by atoms with van der Waals surface area (Å²) in [7, 11) is 0. The second kappa shape index (κ2) is 8.22. The highest BCUT2D eigenvalue weighted by Gasteiger charge is 2.11. The van der Waals surface area contributed by atoms with Crippen LogP contribution in [0.2, 0.25) is 0 Å². The van der Waals surface area contributed by atoms with Crippen molar-refractivity contribution < 1.29 is 14.6 Å². The molecule has 0 fully saturated rings. The van der Waals surface area contributed by atoms with E-state index in [-0.39, 0.29) is 11.1 Å². The zero-order valence-corrected chi connectivity index (χ0v) is 18.9. The van der Waals surface area contributed by atoms with Crippen molar-refractivity contribution in [3.8, 4) is 5.75 Å². The topological polar surface area (TPSA) is 80.9 Å². The van der Waals surface area contributed by atoms with Gasteiger partial charge < -0.3 is 9.84 Å². The van der Waals surface area contributed by atoms with Gasteiger partial charge in [-0.05, 0) is 69.5 Å². The summed E-state index contributed by atoms with van der Waals surface area (Å²) in [6.45, 7) is 0.307.